The van der Waals surface area contributed by atoms with Crippen LogP contribution in [0.5, 0.6) is 0 Å². The standard InChI is InChI=1S/C19H19N5O3S/c1-2-6-13(7-3-1)24-17(14-8-4-10-25-14)21-23-19(24)28-12-16-20-22-18(27-16)15-9-5-11-26-15/h4-5,8-11,13H,1-3,6-7,12H2. The zero-order valence-corrected chi connectivity index (χ0v) is 16.0. The number of furan rings is 2. The summed E-state index contributed by atoms with van der Waals surface area (Å²) < 4.78 is 18.8. The summed E-state index contributed by atoms with van der Waals surface area (Å²) in [5.41, 5.74) is 0. The van der Waals surface area contributed by atoms with Crippen molar-refractivity contribution in [3.05, 3.63) is 42.7 Å². The molecule has 0 unspecified atom stereocenters. The van der Waals surface area contributed by atoms with Crippen LogP contribution in [-0.2, 0) is 5.75 Å². The highest BCUT2D eigenvalue weighted by Gasteiger charge is 2.25. The average Bonchev–Trinajstić information content (AvgIpc) is 3.53. The molecule has 5 rings (SSSR count). The maximum atomic E-state index is 5.70. The van der Waals surface area contributed by atoms with Crippen LogP contribution in [0, 0.1) is 0 Å². The third-order valence-electron chi connectivity index (χ3n) is 4.87. The van der Waals surface area contributed by atoms with Crippen molar-refractivity contribution in [2.45, 2.75) is 49.1 Å². The lowest BCUT2D eigenvalue weighted by Gasteiger charge is -2.25. The second-order valence-corrected chi connectivity index (χ2v) is 7.65. The number of nitrogens with zero attached hydrogens (tertiary/aromatic N) is 5. The van der Waals surface area contributed by atoms with E-state index in [4.69, 9.17) is 13.3 Å². The fourth-order valence-electron chi connectivity index (χ4n) is 3.56. The molecule has 1 aliphatic carbocycles. The molecule has 4 heterocycles. The van der Waals surface area contributed by atoms with Gasteiger partial charge in [-0.3, -0.25) is 4.57 Å². The van der Waals surface area contributed by atoms with E-state index >= 15 is 0 Å². The Morgan fingerprint density at radius 3 is 2.46 bits per heavy atom. The number of thioether (sulfide) groups is 1. The van der Waals surface area contributed by atoms with Crippen molar-refractivity contribution in [3.63, 3.8) is 0 Å². The van der Waals surface area contributed by atoms with Crippen LogP contribution in [0.2, 0.25) is 0 Å². The zero-order chi connectivity index (χ0) is 18.8. The molecule has 4 aromatic heterocycles. The minimum atomic E-state index is 0.380. The van der Waals surface area contributed by atoms with Gasteiger partial charge in [-0.25, -0.2) is 0 Å². The third kappa shape index (κ3) is 3.37. The molecule has 1 aliphatic rings. The van der Waals surface area contributed by atoms with Gasteiger partial charge in [-0.1, -0.05) is 31.0 Å². The van der Waals surface area contributed by atoms with Gasteiger partial charge in [0.1, 0.15) is 0 Å². The smallest absolute Gasteiger partial charge is 0.283 e. The monoisotopic (exact) mass is 397 g/mol. The Labute approximate surface area is 165 Å². The van der Waals surface area contributed by atoms with Crippen LogP contribution in [0.4, 0.5) is 0 Å². The first kappa shape index (κ1) is 17.3. The molecular weight excluding hydrogens is 378 g/mol. The van der Waals surface area contributed by atoms with Crippen molar-refractivity contribution < 1.29 is 13.3 Å². The van der Waals surface area contributed by atoms with E-state index in [2.05, 4.69) is 25.0 Å². The van der Waals surface area contributed by atoms with Crippen molar-refractivity contribution >= 4 is 11.8 Å². The summed E-state index contributed by atoms with van der Waals surface area (Å²) in [6, 6.07) is 7.76. The van der Waals surface area contributed by atoms with Crippen molar-refractivity contribution in [3.8, 4) is 23.2 Å². The molecule has 1 saturated carbocycles. The molecule has 0 atom stereocenters. The molecule has 0 radical (unpaired) electrons. The molecule has 1 fully saturated rings. The molecule has 0 aliphatic heterocycles. The van der Waals surface area contributed by atoms with Crippen molar-refractivity contribution in [2.75, 3.05) is 0 Å². The summed E-state index contributed by atoms with van der Waals surface area (Å²) in [6.45, 7) is 0. The second kappa shape index (κ2) is 7.67. The van der Waals surface area contributed by atoms with Crippen LogP contribution < -0.4 is 0 Å². The van der Waals surface area contributed by atoms with Crippen LogP contribution in [0.15, 0.2) is 55.2 Å². The van der Waals surface area contributed by atoms with E-state index in [1.54, 1.807) is 36.4 Å². The lowest BCUT2D eigenvalue weighted by atomic mass is 9.95. The Bertz CT molecular complexity index is 1020. The van der Waals surface area contributed by atoms with Gasteiger partial charge in [0.25, 0.3) is 5.89 Å². The number of rotatable bonds is 6. The average molecular weight is 397 g/mol. The molecule has 8 nitrogen and oxygen atoms in total. The summed E-state index contributed by atoms with van der Waals surface area (Å²) in [4.78, 5) is 0. The Morgan fingerprint density at radius 1 is 0.929 bits per heavy atom. The maximum Gasteiger partial charge on any atom is 0.283 e. The predicted molar refractivity (Wildman–Crippen MR) is 101 cm³/mol. The SMILES string of the molecule is c1coc(-c2nnc(CSc3nnc(-c4ccco4)n3C3CCCCC3)o2)c1. The summed E-state index contributed by atoms with van der Waals surface area (Å²) in [6.07, 6.45) is 9.23. The van der Waals surface area contributed by atoms with Gasteiger partial charge in [-0.15, -0.1) is 20.4 Å². The third-order valence-corrected chi connectivity index (χ3v) is 5.80. The van der Waals surface area contributed by atoms with Gasteiger partial charge in [0.15, 0.2) is 16.7 Å². The molecule has 28 heavy (non-hydrogen) atoms. The second-order valence-electron chi connectivity index (χ2n) is 6.71. The molecule has 0 saturated heterocycles. The fourth-order valence-corrected chi connectivity index (χ4v) is 4.40. The fraction of sp³-hybridized carbons (Fsp3) is 0.368. The van der Waals surface area contributed by atoms with Crippen LogP contribution in [0.1, 0.15) is 44.0 Å². The predicted octanol–water partition coefficient (Wildman–Crippen LogP) is 4.98. The highest BCUT2D eigenvalue weighted by atomic mass is 32.2. The number of hydrogen-bond acceptors (Lipinski definition) is 8. The molecule has 0 aromatic carbocycles. The molecule has 4 aromatic rings. The summed E-state index contributed by atoms with van der Waals surface area (Å²) >= 11 is 1.54. The van der Waals surface area contributed by atoms with E-state index in [0.29, 0.717) is 29.3 Å². The summed E-state index contributed by atoms with van der Waals surface area (Å²) in [7, 11) is 0. The number of hydrogen-bond donors (Lipinski definition) is 0. The zero-order valence-electron chi connectivity index (χ0n) is 15.2. The number of aromatic nitrogens is 5. The molecule has 0 spiro atoms. The van der Waals surface area contributed by atoms with E-state index in [1.165, 1.54) is 19.3 Å². The van der Waals surface area contributed by atoms with Gasteiger partial charge in [0.05, 0.1) is 18.3 Å². The van der Waals surface area contributed by atoms with E-state index in [0.717, 1.165) is 29.6 Å². The first-order chi connectivity index (χ1) is 13.9. The van der Waals surface area contributed by atoms with Crippen LogP contribution in [-0.4, -0.2) is 25.0 Å². The Kier molecular flexibility index (Phi) is 4.74. The molecule has 144 valence electrons. The topological polar surface area (TPSA) is 95.9 Å². The Morgan fingerprint density at radius 2 is 1.71 bits per heavy atom. The largest absolute Gasteiger partial charge is 0.461 e. The normalized spacial score (nSPS) is 15.3. The Balaban J connectivity index is 1.39. The molecule has 0 N–H and O–H groups in total. The lowest BCUT2D eigenvalue weighted by molar-refractivity contribution is 0.337. The van der Waals surface area contributed by atoms with Crippen molar-refractivity contribution in [1.29, 1.82) is 0 Å². The van der Waals surface area contributed by atoms with Crippen LogP contribution in [0.3, 0.4) is 0 Å². The lowest BCUT2D eigenvalue weighted by Crippen LogP contribution is -2.15. The highest BCUT2D eigenvalue weighted by Crippen LogP contribution is 2.36. The van der Waals surface area contributed by atoms with E-state index in [1.807, 2.05) is 12.1 Å². The Hall–Kier alpha value is -2.81. The van der Waals surface area contributed by atoms with Gasteiger partial charge in [-0.05, 0) is 37.1 Å². The van der Waals surface area contributed by atoms with E-state index in [-0.39, 0.29) is 0 Å². The van der Waals surface area contributed by atoms with E-state index in [9.17, 15) is 0 Å². The summed E-state index contributed by atoms with van der Waals surface area (Å²) in [5, 5.41) is 17.8. The minimum absolute atomic E-state index is 0.380. The molecule has 9 heteroatoms. The van der Waals surface area contributed by atoms with Crippen molar-refractivity contribution in [1.82, 2.24) is 25.0 Å². The minimum Gasteiger partial charge on any atom is -0.461 e. The first-order valence-electron chi connectivity index (χ1n) is 9.36. The quantitative estimate of drug-likeness (QED) is 0.420. The van der Waals surface area contributed by atoms with Gasteiger partial charge in [-0.2, -0.15) is 0 Å². The van der Waals surface area contributed by atoms with Crippen LogP contribution in [0.25, 0.3) is 23.2 Å². The first-order valence-corrected chi connectivity index (χ1v) is 10.3. The van der Waals surface area contributed by atoms with Gasteiger partial charge < -0.3 is 13.3 Å². The van der Waals surface area contributed by atoms with Crippen LogP contribution >= 0.6 is 11.8 Å². The molecule has 0 bridgehead atoms. The molecule has 0 amide bonds. The van der Waals surface area contributed by atoms with Gasteiger partial charge >= 0.3 is 0 Å². The highest BCUT2D eigenvalue weighted by molar-refractivity contribution is 7.98. The van der Waals surface area contributed by atoms with Crippen molar-refractivity contribution in [2.24, 2.45) is 0 Å². The summed E-state index contributed by atoms with van der Waals surface area (Å²) in [5.74, 6) is 3.49. The van der Waals surface area contributed by atoms with Gasteiger partial charge in [0.2, 0.25) is 11.7 Å². The van der Waals surface area contributed by atoms with E-state index < -0.39 is 0 Å². The maximum absolute atomic E-state index is 5.70. The van der Waals surface area contributed by atoms with Gasteiger partial charge in [0, 0.05) is 6.04 Å². The molecular formula is C19H19N5O3S.